The highest BCUT2D eigenvalue weighted by molar-refractivity contribution is 7.12. The van der Waals surface area contributed by atoms with E-state index in [-0.39, 0.29) is 36.3 Å². The van der Waals surface area contributed by atoms with Crippen molar-refractivity contribution in [2.24, 2.45) is 0 Å². The number of amides is 1. The van der Waals surface area contributed by atoms with Crippen LogP contribution in [0.25, 0.3) is 0 Å². The van der Waals surface area contributed by atoms with E-state index in [1.165, 1.54) is 23.1 Å². The summed E-state index contributed by atoms with van der Waals surface area (Å²) in [5.41, 5.74) is 0.404. The fourth-order valence-electron chi connectivity index (χ4n) is 4.13. The van der Waals surface area contributed by atoms with E-state index in [1.54, 1.807) is 24.3 Å². The van der Waals surface area contributed by atoms with Gasteiger partial charge in [0.05, 0.1) is 6.54 Å². The lowest BCUT2D eigenvalue weighted by Crippen LogP contribution is -2.42. The van der Waals surface area contributed by atoms with Crippen LogP contribution in [0.1, 0.15) is 20.9 Å². The second kappa shape index (κ2) is 6.15. The number of aromatic hydroxyl groups is 2. The summed E-state index contributed by atoms with van der Waals surface area (Å²) in [6.45, 7) is -0.0481. The van der Waals surface area contributed by atoms with Crippen molar-refractivity contribution in [3.63, 3.8) is 0 Å². The van der Waals surface area contributed by atoms with Gasteiger partial charge in [-0.25, -0.2) is 0 Å². The third-order valence-electron chi connectivity index (χ3n) is 5.50. The first-order chi connectivity index (χ1) is 14.2. The van der Waals surface area contributed by atoms with Gasteiger partial charge >= 0.3 is 6.18 Å². The predicted octanol–water partition coefficient (Wildman–Crippen LogP) is 4.40. The molecule has 2 aromatic carbocycles. The summed E-state index contributed by atoms with van der Waals surface area (Å²) in [5, 5.41) is 19.8. The molecule has 1 unspecified atom stereocenters. The molecule has 5 rings (SSSR count). The fraction of sp³-hybridized carbons (Fsp3) is 0.190. The molecule has 2 N–H and O–H groups in total. The van der Waals surface area contributed by atoms with Crippen LogP contribution in [-0.2, 0) is 22.9 Å². The number of alkyl halides is 3. The Kier molecular flexibility index (Phi) is 3.85. The van der Waals surface area contributed by atoms with Crippen LogP contribution in [-0.4, -0.2) is 22.7 Å². The second-order valence-electron chi connectivity index (χ2n) is 7.20. The van der Waals surface area contributed by atoms with Crippen molar-refractivity contribution in [2.75, 3.05) is 11.5 Å². The van der Waals surface area contributed by atoms with Crippen molar-refractivity contribution >= 4 is 22.9 Å². The third kappa shape index (κ3) is 2.51. The number of anilines is 1. The number of phenols is 2. The number of benzene rings is 2. The Labute approximate surface area is 172 Å². The van der Waals surface area contributed by atoms with Gasteiger partial charge in [0.25, 0.3) is 0 Å². The van der Waals surface area contributed by atoms with Gasteiger partial charge in [-0.15, -0.1) is 11.3 Å². The second-order valence-corrected chi connectivity index (χ2v) is 8.37. The third-order valence-corrected chi connectivity index (χ3v) is 6.62. The lowest BCUT2D eigenvalue weighted by Gasteiger charge is -2.23. The molecule has 0 bridgehead atoms. The van der Waals surface area contributed by atoms with Gasteiger partial charge in [-0.2, -0.15) is 13.2 Å². The van der Waals surface area contributed by atoms with E-state index in [2.05, 4.69) is 0 Å². The topological polar surface area (TPSA) is 70.0 Å². The van der Waals surface area contributed by atoms with Crippen molar-refractivity contribution < 1.29 is 32.9 Å². The van der Waals surface area contributed by atoms with Crippen molar-refractivity contribution in [1.29, 1.82) is 0 Å². The molecule has 30 heavy (non-hydrogen) atoms. The molecular formula is C21H14F3NO4S. The van der Waals surface area contributed by atoms with Gasteiger partial charge in [-0.3, -0.25) is 4.79 Å². The average Bonchev–Trinajstić information content (AvgIpc) is 3.37. The van der Waals surface area contributed by atoms with E-state index in [0.29, 0.717) is 33.0 Å². The number of para-hydroxylation sites is 1. The zero-order valence-corrected chi connectivity index (χ0v) is 16.0. The highest BCUT2D eigenvalue weighted by atomic mass is 32.1. The number of carbonyl (C=O) groups excluding carboxylic acids is 1. The van der Waals surface area contributed by atoms with Crippen molar-refractivity contribution in [2.45, 2.75) is 18.1 Å². The molecule has 1 atom stereocenters. The van der Waals surface area contributed by atoms with E-state index >= 15 is 0 Å². The lowest BCUT2D eigenvalue weighted by molar-refractivity contribution is -0.134. The maximum absolute atomic E-state index is 13.6. The summed E-state index contributed by atoms with van der Waals surface area (Å²) in [7, 11) is 0. The highest BCUT2D eigenvalue weighted by Crippen LogP contribution is 2.54. The molecule has 0 radical (unpaired) electrons. The number of thiophene rings is 1. The van der Waals surface area contributed by atoms with Crippen LogP contribution < -0.4 is 9.64 Å². The molecule has 2 aliphatic heterocycles. The zero-order valence-electron chi connectivity index (χ0n) is 15.2. The molecule has 3 aromatic rings. The normalized spacial score (nSPS) is 19.8. The van der Waals surface area contributed by atoms with Gasteiger partial charge < -0.3 is 19.8 Å². The number of carbonyl (C=O) groups is 1. The van der Waals surface area contributed by atoms with Crippen LogP contribution in [0.15, 0.2) is 48.5 Å². The molecule has 1 amide bonds. The minimum absolute atomic E-state index is 0.0161. The average molecular weight is 433 g/mol. The molecule has 1 aromatic heterocycles. The van der Waals surface area contributed by atoms with Gasteiger partial charge in [0, 0.05) is 22.2 Å². The van der Waals surface area contributed by atoms with Crippen LogP contribution in [0.3, 0.4) is 0 Å². The summed E-state index contributed by atoms with van der Waals surface area (Å²) in [6, 6.07) is 12.0. The monoisotopic (exact) mass is 433 g/mol. The summed E-state index contributed by atoms with van der Waals surface area (Å²) < 4.78 is 44.6. The number of fused-ring (bicyclic) bond motifs is 4. The molecule has 9 heteroatoms. The first-order valence-corrected chi connectivity index (χ1v) is 9.80. The van der Waals surface area contributed by atoms with Gasteiger partial charge in [-0.1, -0.05) is 18.2 Å². The molecule has 2 aliphatic rings. The SMILES string of the molecule is O=C1N(Cc2ccc(C(F)(F)F)s2)c2ccccc2C12COc1cc(O)c(O)cc12. The van der Waals surface area contributed by atoms with E-state index in [9.17, 15) is 28.2 Å². The Bertz CT molecular complexity index is 1190. The number of hydrogen-bond acceptors (Lipinski definition) is 5. The Morgan fingerprint density at radius 1 is 1.07 bits per heavy atom. The Morgan fingerprint density at radius 2 is 1.80 bits per heavy atom. The van der Waals surface area contributed by atoms with Gasteiger partial charge in [0.1, 0.15) is 22.6 Å². The van der Waals surface area contributed by atoms with Crippen molar-refractivity contribution in [1.82, 2.24) is 0 Å². The minimum Gasteiger partial charge on any atom is -0.504 e. The number of nitrogens with zero attached hydrogens (tertiary/aromatic N) is 1. The van der Waals surface area contributed by atoms with Gasteiger partial charge in [-0.05, 0) is 29.8 Å². The first-order valence-electron chi connectivity index (χ1n) is 8.98. The summed E-state index contributed by atoms with van der Waals surface area (Å²) in [4.78, 5) is 14.8. The minimum atomic E-state index is -4.44. The largest absolute Gasteiger partial charge is 0.504 e. The van der Waals surface area contributed by atoms with Crippen LogP contribution in [0.5, 0.6) is 17.2 Å². The van der Waals surface area contributed by atoms with Crippen molar-refractivity contribution in [3.05, 3.63) is 69.4 Å². The molecule has 0 aliphatic carbocycles. The van der Waals surface area contributed by atoms with Gasteiger partial charge in [0.15, 0.2) is 11.5 Å². The van der Waals surface area contributed by atoms with Crippen LogP contribution in [0.2, 0.25) is 0 Å². The standard InChI is InChI=1S/C21H14F3NO4S/c22-21(23,24)18-6-5-11(30-18)9-25-14-4-2-1-3-12(14)20(19(25)28)10-29-17-8-16(27)15(26)7-13(17)20/h1-8,26-27H,9-10H2. The van der Waals surface area contributed by atoms with E-state index < -0.39 is 16.5 Å². The molecule has 154 valence electrons. The van der Waals surface area contributed by atoms with Gasteiger partial charge in [0.2, 0.25) is 5.91 Å². The molecule has 0 fully saturated rings. The number of rotatable bonds is 2. The lowest BCUT2D eigenvalue weighted by atomic mass is 9.77. The van der Waals surface area contributed by atoms with Crippen molar-refractivity contribution in [3.8, 4) is 17.2 Å². The summed E-state index contributed by atoms with van der Waals surface area (Å²) >= 11 is 0.601. The molecule has 0 saturated heterocycles. The first kappa shape index (κ1) is 18.8. The number of ether oxygens (including phenoxy) is 1. The molecule has 0 saturated carbocycles. The number of halogens is 3. The zero-order chi connectivity index (χ0) is 21.3. The quantitative estimate of drug-likeness (QED) is 0.588. The van der Waals surface area contributed by atoms with E-state index in [0.717, 1.165) is 6.07 Å². The maximum Gasteiger partial charge on any atom is 0.425 e. The van der Waals surface area contributed by atoms with E-state index in [4.69, 9.17) is 4.74 Å². The Balaban J connectivity index is 1.60. The smallest absolute Gasteiger partial charge is 0.425 e. The molecule has 5 nitrogen and oxygen atoms in total. The molecule has 1 spiro atoms. The maximum atomic E-state index is 13.6. The van der Waals surface area contributed by atoms with E-state index in [1.807, 2.05) is 0 Å². The molecule has 3 heterocycles. The van der Waals surface area contributed by atoms with Crippen LogP contribution >= 0.6 is 11.3 Å². The number of hydrogen-bond donors (Lipinski definition) is 2. The van der Waals surface area contributed by atoms with Crippen LogP contribution in [0.4, 0.5) is 18.9 Å². The number of phenolic OH excluding ortho intramolecular Hbond substituents is 2. The Morgan fingerprint density at radius 3 is 2.53 bits per heavy atom. The Hall–Kier alpha value is -3.20. The fourth-order valence-corrected chi connectivity index (χ4v) is 4.99. The highest BCUT2D eigenvalue weighted by Gasteiger charge is 2.57. The summed E-state index contributed by atoms with van der Waals surface area (Å²) in [6.07, 6.45) is -4.44. The predicted molar refractivity (Wildman–Crippen MR) is 103 cm³/mol. The molecular weight excluding hydrogens is 419 g/mol. The summed E-state index contributed by atoms with van der Waals surface area (Å²) in [5.74, 6) is -0.810. The van der Waals surface area contributed by atoms with Crippen LogP contribution in [0, 0.1) is 0 Å².